The van der Waals surface area contributed by atoms with Gasteiger partial charge < -0.3 is 9.64 Å². The number of ether oxygens (including phenoxy) is 1. The van der Waals surface area contributed by atoms with Gasteiger partial charge in [-0.25, -0.2) is 4.39 Å². The molecule has 1 heterocycles. The van der Waals surface area contributed by atoms with Gasteiger partial charge in [-0.1, -0.05) is 18.2 Å². The van der Waals surface area contributed by atoms with Crippen molar-refractivity contribution in [2.75, 3.05) is 18.6 Å². The molecular formula is C18H17FN2O. The third-order valence-electron chi connectivity index (χ3n) is 4.17. The van der Waals surface area contributed by atoms with Crippen LogP contribution in [0.2, 0.25) is 0 Å². The van der Waals surface area contributed by atoms with Gasteiger partial charge in [0.25, 0.3) is 0 Å². The van der Waals surface area contributed by atoms with Crippen molar-refractivity contribution in [1.29, 1.82) is 5.26 Å². The molecule has 0 aliphatic carbocycles. The Morgan fingerprint density at radius 3 is 2.68 bits per heavy atom. The third kappa shape index (κ3) is 2.50. The van der Waals surface area contributed by atoms with Crippen LogP contribution in [0.15, 0.2) is 42.5 Å². The van der Waals surface area contributed by atoms with Gasteiger partial charge in [-0.3, -0.25) is 0 Å². The minimum atomic E-state index is -0.458. The number of methoxy groups -OCH3 is 1. The molecule has 0 N–H and O–H groups in total. The number of hydrogen-bond acceptors (Lipinski definition) is 3. The lowest BCUT2D eigenvalue weighted by molar-refractivity contribution is 0.414. The second-order valence-electron chi connectivity index (χ2n) is 5.37. The van der Waals surface area contributed by atoms with Gasteiger partial charge in [0.05, 0.1) is 18.8 Å². The Morgan fingerprint density at radius 1 is 1.23 bits per heavy atom. The van der Waals surface area contributed by atoms with Gasteiger partial charge in [0.1, 0.15) is 23.2 Å². The first-order valence-electron chi connectivity index (χ1n) is 7.34. The predicted octanol–water partition coefficient (Wildman–Crippen LogP) is 4.05. The molecule has 1 atom stereocenters. The normalized spacial score (nSPS) is 17.3. The van der Waals surface area contributed by atoms with Gasteiger partial charge >= 0.3 is 0 Å². The van der Waals surface area contributed by atoms with Crippen LogP contribution in [0.25, 0.3) is 0 Å². The molecule has 1 fully saturated rings. The Labute approximate surface area is 129 Å². The Kier molecular flexibility index (Phi) is 3.97. The van der Waals surface area contributed by atoms with Crippen molar-refractivity contribution in [3.05, 3.63) is 59.4 Å². The third-order valence-corrected chi connectivity index (χ3v) is 4.17. The molecule has 2 aromatic rings. The van der Waals surface area contributed by atoms with Crippen LogP contribution in [0.3, 0.4) is 0 Å². The molecule has 1 aliphatic heterocycles. The zero-order valence-electron chi connectivity index (χ0n) is 12.4. The van der Waals surface area contributed by atoms with E-state index in [1.54, 1.807) is 13.2 Å². The maximum atomic E-state index is 13.9. The highest BCUT2D eigenvalue weighted by molar-refractivity contribution is 5.61. The van der Waals surface area contributed by atoms with E-state index in [2.05, 4.69) is 4.90 Å². The molecule has 0 spiro atoms. The minimum Gasteiger partial charge on any atom is -0.497 e. The van der Waals surface area contributed by atoms with Crippen molar-refractivity contribution in [2.45, 2.75) is 18.9 Å². The largest absolute Gasteiger partial charge is 0.497 e. The molecule has 1 saturated heterocycles. The van der Waals surface area contributed by atoms with Crippen molar-refractivity contribution in [3.63, 3.8) is 0 Å². The van der Waals surface area contributed by atoms with Crippen LogP contribution in [0, 0.1) is 17.1 Å². The lowest BCUT2D eigenvalue weighted by Crippen LogP contribution is -2.23. The number of hydrogen-bond donors (Lipinski definition) is 0. The smallest absolute Gasteiger partial charge is 0.143 e. The van der Waals surface area contributed by atoms with Gasteiger partial charge in [-0.2, -0.15) is 5.26 Å². The van der Waals surface area contributed by atoms with E-state index in [1.165, 1.54) is 6.07 Å². The highest BCUT2D eigenvalue weighted by atomic mass is 19.1. The van der Waals surface area contributed by atoms with Crippen molar-refractivity contribution in [1.82, 2.24) is 0 Å². The van der Waals surface area contributed by atoms with Crippen molar-refractivity contribution >= 4 is 5.69 Å². The van der Waals surface area contributed by atoms with Crippen LogP contribution in [-0.2, 0) is 0 Å². The van der Waals surface area contributed by atoms with Crippen LogP contribution < -0.4 is 9.64 Å². The van der Waals surface area contributed by atoms with Crippen LogP contribution in [-0.4, -0.2) is 13.7 Å². The summed E-state index contributed by atoms with van der Waals surface area (Å²) < 4.78 is 19.1. The van der Waals surface area contributed by atoms with Crippen LogP contribution in [0.1, 0.15) is 30.0 Å². The molecular weight excluding hydrogens is 279 g/mol. The summed E-state index contributed by atoms with van der Waals surface area (Å²) in [5, 5.41) is 9.25. The Hall–Kier alpha value is -2.54. The lowest BCUT2D eigenvalue weighted by Gasteiger charge is -2.28. The molecule has 1 unspecified atom stereocenters. The van der Waals surface area contributed by atoms with E-state index in [-0.39, 0.29) is 11.6 Å². The zero-order chi connectivity index (χ0) is 15.5. The maximum absolute atomic E-state index is 13.9. The van der Waals surface area contributed by atoms with E-state index >= 15 is 0 Å². The molecule has 3 rings (SSSR count). The standard InChI is InChI=1S/C18H17FN2O/c1-22-14-9-7-13(8-10-14)17-6-3-11-21(17)18-5-2-4-16(19)15(18)12-20/h2,4-5,7-10,17H,3,6,11H2,1H3. The van der Waals surface area contributed by atoms with E-state index in [4.69, 9.17) is 4.74 Å². The summed E-state index contributed by atoms with van der Waals surface area (Å²) in [7, 11) is 1.64. The molecule has 22 heavy (non-hydrogen) atoms. The average Bonchev–Trinajstić information content (AvgIpc) is 3.04. The number of benzene rings is 2. The summed E-state index contributed by atoms with van der Waals surface area (Å²) in [4.78, 5) is 2.13. The zero-order valence-corrected chi connectivity index (χ0v) is 12.4. The Morgan fingerprint density at radius 2 is 2.00 bits per heavy atom. The number of nitrogens with zero attached hydrogens (tertiary/aromatic N) is 2. The Balaban J connectivity index is 1.97. The summed E-state index contributed by atoms with van der Waals surface area (Å²) in [5.41, 5.74) is 1.97. The van der Waals surface area contributed by atoms with Gasteiger partial charge in [-0.15, -0.1) is 0 Å². The fourth-order valence-corrected chi connectivity index (χ4v) is 3.09. The lowest BCUT2D eigenvalue weighted by atomic mass is 10.0. The first-order valence-corrected chi connectivity index (χ1v) is 7.34. The second-order valence-corrected chi connectivity index (χ2v) is 5.37. The Bertz CT molecular complexity index is 706. The monoisotopic (exact) mass is 296 g/mol. The first kappa shape index (κ1) is 14.4. The molecule has 0 aromatic heterocycles. The van der Waals surface area contributed by atoms with Gasteiger partial charge in [0.2, 0.25) is 0 Å². The SMILES string of the molecule is COc1ccc(C2CCCN2c2cccc(F)c2C#N)cc1. The summed E-state index contributed by atoms with van der Waals surface area (Å²) in [6, 6.07) is 14.9. The summed E-state index contributed by atoms with van der Waals surface area (Å²) in [5.74, 6) is 0.358. The fourth-order valence-electron chi connectivity index (χ4n) is 3.09. The molecule has 112 valence electrons. The van der Waals surface area contributed by atoms with Crippen LogP contribution >= 0.6 is 0 Å². The summed E-state index contributed by atoms with van der Waals surface area (Å²) in [6.07, 6.45) is 2.02. The number of halogens is 1. The van der Waals surface area contributed by atoms with E-state index in [0.717, 1.165) is 30.7 Å². The molecule has 0 saturated carbocycles. The topological polar surface area (TPSA) is 36.3 Å². The van der Waals surface area contributed by atoms with Crippen molar-refractivity contribution in [2.24, 2.45) is 0 Å². The highest BCUT2D eigenvalue weighted by Crippen LogP contribution is 2.38. The molecule has 3 nitrogen and oxygen atoms in total. The predicted molar refractivity (Wildman–Crippen MR) is 83.4 cm³/mol. The van der Waals surface area contributed by atoms with Gasteiger partial charge in [-0.05, 0) is 42.7 Å². The second kappa shape index (κ2) is 6.07. The average molecular weight is 296 g/mol. The van der Waals surface area contributed by atoms with Gasteiger partial charge in [0, 0.05) is 6.54 Å². The molecule has 4 heteroatoms. The summed E-state index contributed by atoms with van der Waals surface area (Å²) in [6.45, 7) is 0.828. The van der Waals surface area contributed by atoms with E-state index in [0.29, 0.717) is 5.69 Å². The molecule has 0 amide bonds. The van der Waals surface area contributed by atoms with Crippen LogP contribution in [0.4, 0.5) is 10.1 Å². The summed E-state index contributed by atoms with van der Waals surface area (Å²) >= 11 is 0. The van der Waals surface area contributed by atoms with Gasteiger partial charge in [0.15, 0.2) is 0 Å². The molecule has 2 aromatic carbocycles. The quantitative estimate of drug-likeness (QED) is 0.857. The minimum absolute atomic E-state index is 0.128. The van der Waals surface area contributed by atoms with E-state index in [1.807, 2.05) is 36.4 Å². The number of anilines is 1. The van der Waals surface area contributed by atoms with E-state index in [9.17, 15) is 9.65 Å². The van der Waals surface area contributed by atoms with Crippen molar-refractivity contribution in [3.8, 4) is 11.8 Å². The first-order chi connectivity index (χ1) is 10.7. The maximum Gasteiger partial charge on any atom is 0.143 e. The van der Waals surface area contributed by atoms with E-state index < -0.39 is 5.82 Å². The molecule has 0 radical (unpaired) electrons. The highest BCUT2D eigenvalue weighted by Gasteiger charge is 2.28. The molecule has 0 bridgehead atoms. The fraction of sp³-hybridized carbons (Fsp3) is 0.278. The molecule has 1 aliphatic rings. The van der Waals surface area contributed by atoms with Crippen molar-refractivity contribution < 1.29 is 9.13 Å². The number of rotatable bonds is 3. The number of nitriles is 1. The van der Waals surface area contributed by atoms with Crippen LogP contribution in [0.5, 0.6) is 5.75 Å².